The van der Waals surface area contributed by atoms with E-state index in [0.29, 0.717) is 19.8 Å². The van der Waals surface area contributed by atoms with Gasteiger partial charge in [0, 0.05) is 18.1 Å². The Bertz CT molecular complexity index is 597. The number of hydrogen-bond acceptors (Lipinski definition) is 6. The van der Waals surface area contributed by atoms with E-state index >= 15 is 0 Å². The highest BCUT2D eigenvalue weighted by atomic mass is 16.5. The number of nitrogens with zero attached hydrogens (tertiary/aromatic N) is 3. The van der Waals surface area contributed by atoms with Gasteiger partial charge in [-0.15, -0.1) is 0 Å². The minimum absolute atomic E-state index is 0.312. The molecule has 1 saturated heterocycles. The Kier molecular flexibility index (Phi) is 3.04. The molecule has 2 aromatic heterocycles. The van der Waals surface area contributed by atoms with Crippen LogP contribution in [-0.2, 0) is 14.3 Å². The molecule has 0 amide bonds. The number of aromatic nitrogens is 3. The van der Waals surface area contributed by atoms with E-state index < -0.39 is 6.04 Å². The highest BCUT2D eigenvalue weighted by molar-refractivity contribution is 5.92. The predicted octanol–water partition coefficient (Wildman–Crippen LogP) is 0.336. The molecule has 0 saturated carbocycles. The average molecular weight is 262 g/mol. The van der Waals surface area contributed by atoms with Gasteiger partial charge in [-0.05, 0) is 6.07 Å². The minimum atomic E-state index is -0.460. The second kappa shape index (κ2) is 4.85. The van der Waals surface area contributed by atoms with E-state index in [4.69, 9.17) is 9.47 Å². The van der Waals surface area contributed by atoms with Crippen molar-refractivity contribution in [3.8, 4) is 0 Å². The van der Waals surface area contributed by atoms with Crippen molar-refractivity contribution in [2.75, 3.05) is 31.8 Å². The third-order valence-corrected chi connectivity index (χ3v) is 3.22. The summed E-state index contributed by atoms with van der Waals surface area (Å²) in [6, 6.07) is 1.41. The van der Waals surface area contributed by atoms with Gasteiger partial charge >= 0.3 is 5.97 Å². The lowest BCUT2D eigenvalue weighted by atomic mass is 10.2. The number of carbonyl (C=O) groups excluding carboxylic acids is 1. The summed E-state index contributed by atoms with van der Waals surface area (Å²) in [7, 11) is 1.38. The quantitative estimate of drug-likeness (QED) is 0.786. The van der Waals surface area contributed by atoms with Crippen LogP contribution >= 0.6 is 0 Å². The van der Waals surface area contributed by atoms with Gasteiger partial charge in [0.2, 0.25) is 0 Å². The monoisotopic (exact) mass is 262 g/mol. The molecule has 0 spiro atoms. The van der Waals surface area contributed by atoms with Crippen molar-refractivity contribution in [2.45, 2.75) is 6.04 Å². The van der Waals surface area contributed by atoms with Crippen LogP contribution in [0.4, 0.5) is 5.82 Å². The summed E-state index contributed by atoms with van der Waals surface area (Å²) < 4.78 is 10.2. The minimum Gasteiger partial charge on any atom is -0.467 e. The number of morpholine rings is 1. The van der Waals surface area contributed by atoms with E-state index in [0.717, 1.165) is 16.7 Å². The van der Waals surface area contributed by atoms with E-state index in [1.807, 2.05) is 11.0 Å². The number of rotatable bonds is 2. The topological polar surface area (TPSA) is 80.3 Å². The largest absolute Gasteiger partial charge is 0.467 e. The summed E-state index contributed by atoms with van der Waals surface area (Å²) in [4.78, 5) is 17.8. The number of fused-ring (bicyclic) bond motifs is 1. The summed E-state index contributed by atoms with van der Waals surface area (Å²) in [5, 5.41) is 8.14. The van der Waals surface area contributed by atoms with Gasteiger partial charge in [0.25, 0.3) is 0 Å². The number of esters is 1. The van der Waals surface area contributed by atoms with Gasteiger partial charge < -0.3 is 14.4 Å². The molecule has 7 nitrogen and oxygen atoms in total. The Morgan fingerprint density at radius 1 is 1.63 bits per heavy atom. The molecular weight excluding hydrogens is 248 g/mol. The molecule has 0 bridgehead atoms. The van der Waals surface area contributed by atoms with Crippen LogP contribution in [0.1, 0.15) is 0 Å². The van der Waals surface area contributed by atoms with Gasteiger partial charge in [-0.3, -0.25) is 10.1 Å². The number of aromatic amines is 1. The van der Waals surface area contributed by atoms with Crippen LogP contribution in [0.5, 0.6) is 0 Å². The highest BCUT2D eigenvalue weighted by Crippen LogP contribution is 2.26. The zero-order chi connectivity index (χ0) is 13.2. The number of nitrogens with one attached hydrogen (secondary N) is 1. The van der Waals surface area contributed by atoms with E-state index in [-0.39, 0.29) is 5.97 Å². The zero-order valence-corrected chi connectivity index (χ0v) is 10.5. The molecule has 19 heavy (non-hydrogen) atoms. The fourth-order valence-electron chi connectivity index (χ4n) is 2.26. The molecule has 0 aromatic carbocycles. The molecule has 100 valence electrons. The summed E-state index contributed by atoms with van der Waals surface area (Å²) in [5.41, 5.74) is 0.840. The van der Waals surface area contributed by atoms with Gasteiger partial charge in [-0.1, -0.05) is 0 Å². The van der Waals surface area contributed by atoms with Crippen LogP contribution in [0.25, 0.3) is 10.9 Å². The van der Waals surface area contributed by atoms with Gasteiger partial charge in [-0.2, -0.15) is 5.10 Å². The van der Waals surface area contributed by atoms with Crippen LogP contribution in [0.15, 0.2) is 18.5 Å². The van der Waals surface area contributed by atoms with Crippen LogP contribution < -0.4 is 4.90 Å². The molecule has 1 N–H and O–H groups in total. The first-order valence-corrected chi connectivity index (χ1v) is 6.01. The molecule has 1 aliphatic rings. The molecule has 7 heteroatoms. The van der Waals surface area contributed by atoms with Crippen molar-refractivity contribution in [3.05, 3.63) is 18.5 Å². The van der Waals surface area contributed by atoms with Crippen LogP contribution in [0, 0.1) is 0 Å². The average Bonchev–Trinajstić information content (AvgIpc) is 2.90. The Labute approximate surface area is 109 Å². The summed E-state index contributed by atoms with van der Waals surface area (Å²) in [5.74, 6) is 0.418. The number of H-pyrrole nitrogens is 1. The highest BCUT2D eigenvalue weighted by Gasteiger charge is 2.32. The maximum absolute atomic E-state index is 11.8. The molecule has 0 unspecified atom stereocenters. The van der Waals surface area contributed by atoms with Gasteiger partial charge in [0.15, 0.2) is 11.9 Å². The molecule has 1 fully saturated rings. The van der Waals surface area contributed by atoms with Gasteiger partial charge in [0.1, 0.15) is 0 Å². The number of hydrogen-bond donors (Lipinski definition) is 1. The summed E-state index contributed by atoms with van der Waals surface area (Å²) >= 11 is 0. The summed E-state index contributed by atoms with van der Waals surface area (Å²) in [6.07, 6.45) is 3.41. The van der Waals surface area contributed by atoms with Crippen LogP contribution in [-0.4, -0.2) is 54.1 Å². The van der Waals surface area contributed by atoms with Crippen molar-refractivity contribution in [1.29, 1.82) is 0 Å². The van der Waals surface area contributed by atoms with Gasteiger partial charge in [0.05, 0.1) is 32.0 Å². The third kappa shape index (κ3) is 2.01. The fourth-order valence-corrected chi connectivity index (χ4v) is 2.26. The molecule has 0 radical (unpaired) electrons. The van der Waals surface area contributed by atoms with Crippen LogP contribution in [0.2, 0.25) is 0 Å². The Balaban J connectivity index is 2.00. The molecule has 1 atom stereocenters. The van der Waals surface area contributed by atoms with Crippen molar-refractivity contribution >= 4 is 22.7 Å². The van der Waals surface area contributed by atoms with Crippen molar-refractivity contribution in [1.82, 2.24) is 15.2 Å². The lowest BCUT2D eigenvalue weighted by Gasteiger charge is -2.33. The first kappa shape index (κ1) is 11.9. The Morgan fingerprint density at radius 3 is 3.37 bits per heavy atom. The standard InChI is InChI=1S/C12H14N4O3/c1-18-12(17)10-7-19-5-4-16(10)11-8-2-3-13-6-9(8)14-15-11/h2-3,6,10H,4-5,7H2,1H3,(H,14,15)/t10-/m0/s1. The van der Waals surface area contributed by atoms with Crippen molar-refractivity contribution in [2.24, 2.45) is 0 Å². The SMILES string of the molecule is COC(=O)[C@@H]1COCCN1c1n[nH]c2cnccc12. The molecule has 3 heterocycles. The second-order valence-corrected chi connectivity index (χ2v) is 4.28. The predicted molar refractivity (Wildman–Crippen MR) is 67.9 cm³/mol. The smallest absolute Gasteiger partial charge is 0.330 e. The second-order valence-electron chi connectivity index (χ2n) is 4.28. The first-order valence-electron chi connectivity index (χ1n) is 6.01. The van der Waals surface area contributed by atoms with Crippen LogP contribution in [0.3, 0.4) is 0 Å². The first-order chi connectivity index (χ1) is 9.31. The van der Waals surface area contributed by atoms with Gasteiger partial charge in [-0.25, -0.2) is 4.79 Å². The molecule has 1 aliphatic heterocycles. The molecule has 3 rings (SSSR count). The maximum atomic E-state index is 11.8. The van der Waals surface area contributed by atoms with E-state index in [1.54, 1.807) is 12.4 Å². The summed E-state index contributed by atoms with van der Waals surface area (Å²) in [6.45, 7) is 1.47. The fraction of sp³-hybridized carbons (Fsp3) is 0.417. The van der Waals surface area contributed by atoms with E-state index in [2.05, 4.69) is 15.2 Å². The third-order valence-electron chi connectivity index (χ3n) is 3.22. The Morgan fingerprint density at radius 2 is 2.53 bits per heavy atom. The number of carbonyl (C=O) groups is 1. The normalized spacial score (nSPS) is 19.6. The maximum Gasteiger partial charge on any atom is 0.330 e. The molecule has 2 aromatic rings. The lowest BCUT2D eigenvalue weighted by Crippen LogP contribution is -2.50. The van der Waals surface area contributed by atoms with E-state index in [9.17, 15) is 4.79 Å². The van der Waals surface area contributed by atoms with Crippen molar-refractivity contribution < 1.29 is 14.3 Å². The number of anilines is 1. The molecule has 0 aliphatic carbocycles. The zero-order valence-electron chi connectivity index (χ0n) is 10.5. The number of ether oxygens (including phenoxy) is 2. The lowest BCUT2D eigenvalue weighted by molar-refractivity contribution is -0.144. The Hall–Kier alpha value is -2.15. The molecular formula is C12H14N4O3. The number of pyridine rings is 1. The van der Waals surface area contributed by atoms with E-state index in [1.165, 1.54) is 7.11 Å². The van der Waals surface area contributed by atoms with Crippen molar-refractivity contribution in [3.63, 3.8) is 0 Å². The number of methoxy groups -OCH3 is 1.